The Labute approximate surface area is 145 Å². The number of carbonyl (C=O) groups is 2. The molecule has 0 spiro atoms. The third-order valence-electron chi connectivity index (χ3n) is 3.72. The maximum atomic E-state index is 10.9. The molecule has 3 N–H and O–H groups in total. The van der Waals surface area contributed by atoms with Crippen LogP contribution in [-0.2, 0) is 9.59 Å². The minimum Gasteiger partial charge on any atom is -0.480 e. The molecular weight excluding hydrogens is 306 g/mol. The smallest absolute Gasteiger partial charge is 0.321 e. The van der Waals surface area contributed by atoms with Gasteiger partial charge in [0.2, 0.25) is 0 Å². The number of nitrogens with one attached hydrogen (secondary N) is 1. The number of aliphatic carboxylic acids is 1. The summed E-state index contributed by atoms with van der Waals surface area (Å²) in [7, 11) is 0. The number of hydrogen-bond acceptors (Lipinski definition) is 4. The summed E-state index contributed by atoms with van der Waals surface area (Å²) in [6.07, 6.45) is 8.46. The second-order valence-electron chi connectivity index (χ2n) is 6.27. The average Bonchev–Trinajstić information content (AvgIpc) is 2.50. The van der Waals surface area contributed by atoms with E-state index in [0.717, 1.165) is 18.4 Å². The zero-order valence-electron chi connectivity index (χ0n) is 15.2. The summed E-state index contributed by atoms with van der Waals surface area (Å²) in [4.78, 5) is 21.3. The lowest BCUT2D eigenvalue weighted by Gasteiger charge is -2.12. The zero-order valence-corrected chi connectivity index (χ0v) is 15.2. The first-order valence-corrected chi connectivity index (χ1v) is 8.31. The monoisotopic (exact) mass is 337 g/mol. The van der Waals surface area contributed by atoms with Gasteiger partial charge in [-0.3, -0.25) is 4.79 Å². The van der Waals surface area contributed by atoms with Gasteiger partial charge in [-0.25, -0.2) is 0 Å². The molecule has 5 nitrogen and oxygen atoms in total. The van der Waals surface area contributed by atoms with E-state index in [1.54, 1.807) is 6.08 Å². The van der Waals surface area contributed by atoms with Crippen LogP contribution in [0, 0.1) is 0 Å². The van der Waals surface area contributed by atoms with Crippen molar-refractivity contribution >= 4 is 12.3 Å². The van der Waals surface area contributed by atoms with Crippen molar-refractivity contribution < 1.29 is 19.8 Å². The van der Waals surface area contributed by atoms with Gasteiger partial charge in [-0.1, -0.05) is 29.4 Å². The Bertz CT molecular complexity index is 488. The highest BCUT2D eigenvalue weighted by atomic mass is 16.4. The molecule has 0 bridgehead atoms. The van der Waals surface area contributed by atoms with Gasteiger partial charge in [-0.15, -0.1) is 0 Å². The number of carboxylic acids is 1. The first-order chi connectivity index (χ1) is 11.3. The van der Waals surface area contributed by atoms with E-state index in [1.807, 2.05) is 13.0 Å². The number of carbonyl (C=O) groups excluding carboxylic acids is 1. The molecule has 2 unspecified atom stereocenters. The molecule has 0 saturated carbocycles. The Morgan fingerprint density at radius 2 is 1.75 bits per heavy atom. The number of hydrogen-bond donors (Lipinski definition) is 3. The predicted octanol–water partition coefficient (Wildman–Crippen LogP) is 3.01. The summed E-state index contributed by atoms with van der Waals surface area (Å²) in [6, 6.07) is -0.888. The van der Waals surface area contributed by atoms with Crippen LogP contribution in [0.25, 0.3) is 0 Å². The van der Waals surface area contributed by atoms with Crippen molar-refractivity contribution in [2.75, 3.05) is 6.54 Å². The Morgan fingerprint density at radius 3 is 2.29 bits per heavy atom. The lowest BCUT2D eigenvalue weighted by molar-refractivity contribution is -0.140. The van der Waals surface area contributed by atoms with Gasteiger partial charge >= 0.3 is 5.97 Å². The molecule has 0 aliphatic heterocycles. The fraction of sp³-hybridized carbons (Fsp3) is 0.579. The van der Waals surface area contributed by atoms with E-state index in [4.69, 9.17) is 5.11 Å². The van der Waals surface area contributed by atoms with Gasteiger partial charge in [0, 0.05) is 13.0 Å². The molecule has 0 aromatic carbocycles. The first kappa shape index (κ1) is 22.3. The molecule has 0 fully saturated rings. The molecule has 136 valence electrons. The van der Waals surface area contributed by atoms with Gasteiger partial charge in [0.25, 0.3) is 0 Å². The van der Waals surface area contributed by atoms with Crippen molar-refractivity contribution in [2.45, 2.75) is 65.5 Å². The molecule has 0 heterocycles. The van der Waals surface area contributed by atoms with E-state index in [2.05, 4.69) is 32.2 Å². The van der Waals surface area contributed by atoms with Gasteiger partial charge < -0.3 is 20.3 Å². The quantitative estimate of drug-likeness (QED) is 0.376. The number of aliphatic hydroxyl groups is 1. The topological polar surface area (TPSA) is 86.6 Å². The number of allylic oxidation sites excluding steroid dienone is 3. The van der Waals surface area contributed by atoms with Crippen molar-refractivity contribution in [1.82, 2.24) is 5.32 Å². The second-order valence-corrected chi connectivity index (χ2v) is 6.27. The van der Waals surface area contributed by atoms with E-state index < -0.39 is 18.1 Å². The summed E-state index contributed by atoms with van der Waals surface area (Å²) < 4.78 is 0. The van der Waals surface area contributed by atoms with Gasteiger partial charge in [0.1, 0.15) is 12.3 Å². The summed E-state index contributed by atoms with van der Waals surface area (Å²) in [5.74, 6) is -1.05. The molecule has 0 radical (unpaired) electrons. The molecule has 0 amide bonds. The molecule has 5 heteroatoms. The molecule has 0 rings (SSSR count). The largest absolute Gasteiger partial charge is 0.480 e. The number of aliphatic hydroxyl groups excluding tert-OH is 1. The molecular formula is C19H31NO4. The third kappa shape index (κ3) is 10.9. The maximum Gasteiger partial charge on any atom is 0.321 e. The highest BCUT2D eigenvalue weighted by Crippen LogP contribution is 2.12. The highest BCUT2D eigenvalue weighted by Gasteiger charge is 2.15. The Balaban J connectivity index is 4.33. The maximum absolute atomic E-state index is 10.9. The molecule has 24 heavy (non-hydrogen) atoms. The average molecular weight is 337 g/mol. The van der Waals surface area contributed by atoms with E-state index in [0.29, 0.717) is 19.3 Å². The number of aldehydes is 1. The minimum atomic E-state index is -1.05. The summed E-state index contributed by atoms with van der Waals surface area (Å²) in [5.41, 5.74) is 3.34. The number of carboxylic acid groups (broad SMARTS) is 1. The molecule has 2 atom stereocenters. The van der Waals surface area contributed by atoms with Crippen LogP contribution >= 0.6 is 0 Å². The Hall–Kier alpha value is -1.72. The van der Waals surface area contributed by atoms with Crippen LogP contribution in [0.2, 0.25) is 0 Å². The van der Waals surface area contributed by atoms with Crippen molar-refractivity contribution in [3.05, 3.63) is 34.9 Å². The van der Waals surface area contributed by atoms with Crippen molar-refractivity contribution in [3.8, 4) is 0 Å². The Kier molecular flexibility index (Phi) is 11.8. The SMILES string of the molecule is CC(C)=CCC/C(C)=C/CC(O)/C(C)=C/CNC(CC=O)C(=O)O. The molecule has 0 aliphatic rings. The number of rotatable bonds is 12. The summed E-state index contributed by atoms with van der Waals surface area (Å²) >= 11 is 0. The van der Waals surface area contributed by atoms with Crippen LogP contribution in [0.4, 0.5) is 0 Å². The van der Waals surface area contributed by atoms with Crippen LogP contribution in [0.5, 0.6) is 0 Å². The van der Waals surface area contributed by atoms with E-state index >= 15 is 0 Å². The fourth-order valence-electron chi connectivity index (χ4n) is 2.06. The van der Waals surface area contributed by atoms with Crippen LogP contribution in [0.1, 0.15) is 53.4 Å². The van der Waals surface area contributed by atoms with Gasteiger partial charge in [0.15, 0.2) is 0 Å². The summed E-state index contributed by atoms with van der Waals surface area (Å²) in [6.45, 7) is 8.33. The molecule has 0 aliphatic carbocycles. The van der Waals surface area contributed by atoms with E-state index in [9.17, 15) is 14.7 Å². The van der Waals surface area contributed by atoms with Crippen LogP contribution in [-0.4, -0.2) is 41.2 Å². The van der Waals surface area contributed by atoms with Gasteiger partial charge in [-0.05, 0) is 52.5 Å². The van der Waals surface area contributed by atoms with Crippen LogP contribution in [0.15, 0.2) is 34.9 Å². The molecule has 0 saturated heterocycles. The van der Waals surface area contributed by atoms with E-state index in [-0.39, 0.29) is 6.42 Å². The molecule has 0 aromatic heterocycles. The van der Waals surface area contributed by atoms with Crippen LogP contribution in [0.3, 0.4) is 0 Å². The first-order valence-electron chi connectivity index (χ1n) is 8.31. The van der Waals surface area contributed by atoms with Crippen LogP contribution < -0.4 is 5.32 Å². The minimum absolute atomic E-state index is 0.0710. The van der Waals surface area contributed by atoms with Crippen molar-refractivity contribution in [2.24, 2.45) is 0 Å². The third-order valence-corrected chi connectivity index (χ3v) is 3.72. The Morgan fingerprint density at radius 1 is 1.08 bits per heavy atom. The summed E-state index contributed by atoms with van der Waals surface area (Å²) in [5, 5.41) is 21.8. The predicted molar refractivity (Wildman–Crippen MR) is 96.9 cm³/mol. The van der Waals surface area contributed by atoms with E-state index in [1.165, 1.54) is 11.1 Å². The van der Waals surface area contributed by atoms with Crippen molar-refractivity contribution in [3.63, 3.8) is 0 Å². The second kappa shape index (κ2) is 12.7. The van der Waals surface area contributed by atoms with Gasteiger partial charge in [0.05, 0.1) is 6.10 Å². The zero-order chi connectivity index (χ0) is 18.5. The lowest BCUT2D eigenvalue weighted by Crippen LogP contribution is -2.37. The van der Waals surface area contributed by atoms with Gasteiger partial charge in [-0.2, -0.15) is 0 Å². The van der Waals surface area contributed by atoms with Crippen molar-refractivity contribution in [1.29, 1.82) is 0 Å². The fourth-order valence-corrected chi connectivity index (χ4v) is 2.06. The highest BCUT2D eigenvalue weighted by molar-refractivity contribution is 5.76. The lowest BCUT2D eigenvalue weighted by atomic mass is 10.0. The standard InChI is InChI=1S/C19H31NO4/c1-14(2)6-5-7-15(3)8-9-18(22)16(4)10-12-20-17(11-13-21)19(23)24/h6,8,10,13,17-18,20,22H,5,7,9,11-12H2,1-4H3,(H,23,24)/b15-8+,16-10+. The normalized spacial score (nSPS) is 14.9. The molecule has 0 aromatic rings.